The molecule has 0 spiro atoms. The van der Waals surface area contributed by atoms with Gasteiger partial charge in [0.1, 0.15) is 0 Å². The van der Waals surface area contributed by atoms with E-state index in [1.807, 2.05) is 35.6 Å². The fourth-order valence-corrected chi connectivity index (χ4v) is 4.00. The first kappa shape index (κ1) is 22.9. The minimum atomic E-state index is -0.181. The first-order chi connectivity index (χ1) is 14.9. The van der Waals surface area contributed by atoms with E-state index < -0.39 is 0 Å². The molecule has 2 amide bonds. The number of rotatable bonds is 9. The van der Waals surface area contributed by atoms with Gasteiger partial charge in [0.15, 0.2) is 5.69 Å². The average molecular weight is 427 g/mol. The number of fused-ring (bicyclic) bond motifs is 1. The smallest absolute Gasteiger partial charge is 0.272 e. The van der Waals surface area contributed by atoms with Crippen LogP contribution in [-0.2, 0) is 30.8 Å². The molecule has 2 aromatic heterocycles. The van der Waals surface area contributed by atoms with Crippen LogP contribution in [0.3, 0.4) is 0 Å². The summed E-state index contributed by atoms with van der Waals surface area (Å²) in [6.45, 7) is 12.6. The van der Waals surface area contributed by atoms with Gasteiger partial charge in [0, 0.05) is 69.3 Å². The van der Waals surface area contributed by atoms with Gasteiger partial charge in [-0.25, -0.2) is 0 Å². The summed E-state index contributed by atoms with van der Waals surface area (Å²) in [5.41, 5.74) is 3.48. The highest BCUT2D eigenvalue weighted by atomic mass is 16.2. The molecule has 0 saturated heterocycles. The van der Waals surface area contributed by atoms with Crippen LogP contribution >= 0.6 is 0 Å². The summed E-state index contributed by atoms with van der Waals surface area (Å²) in [4.78, 5) is 33.7. The van der Waals surface area contributed by atoms with Crippen molar-refractivity contribution in [3.63, 3.8) is 0 Å². The Morgan fingerprint density at radius 3 is 2.68 bits per heavy atom. The van der Waals surface area contributed by atoms with E-state index in [0.29, 0.717) is 44.3 Å². The molecule has 1 aliphatic heterocycles. The molecule has 0 saturated carbocycles. The van der Waals surface area contributed by atoms with Crippen molar-refractivity contribution >= 4 is 11.8 Å². The number of pyridine rings is 1. The molecular weight excluding hydrogens is 392 g/mol. The van der Waals surface area contributed by atoms with Crippen LogP contribution in [0.5, 0.6) is 0 Å². The highest BCUT2D eigenvalue weighted by molar-refractivity contribution is 5.94. The van der Waals surface area contributed by atoms with Gasteiger partial charge < -0.3 is 10.2 Å². The zero-order valence-corrected chi connectivity index (χ0v) is 19.1. The van der Waals surface area contributed by atoms with Crippen LogP contribution in [0.4, 0.5) is 0 Å². The number of carbonyl (C=O) groups is 2. The van der Waals surface area contributed by atoms with Gasteiger partial charge in [-0.2, -0.15) is 5.10 Å². The Morgan fingerprint density at radius 2 is 2.03 bits per heavy atom. The van der Waals surface area contributed by atoms with Crippen LogP contribution < -0.4 is 5.32 Å². The van der Waals surface area contributed by atoms with E-state index in [1.165, 1.54) is 0 Å². The van der Waals surface area contributed by atoms with E-state index in [2.05, 4.69) is 29.0 Å². The van der Waals surface area contributed by atoms with Crippen LogP contribution in [0.15, 0.2) is 24.5 Å². The lowest BCUT2D eigenvalue weighted by atomic mass is 10.0. The van der Waals surface area contributed by atoms with Gasteiger partial charge in [-0.3, -0.25) is 24.2 Å². The summed E-state index contributed by atoms with van der Waals surface area (Å²) in [7, 11) is 0. The molecule has 0 fully saturated rings. The lowest BCUT2D eigenvalue weighted by Gasteiger charge is -2.29. The second kappa shape index (κ2) is 10.5. The van der Waals surface area contributed by atoms with Crippen molar-refractivity contribution in [2.45, 2.75) is 53.8 Å². The first-order valence-corrected chi connectivity index (χ1v) is 11.2. The predicted octanol–water partition coefficient (Wildman–Crippen LogP) is 2.09. The third kappa shape index (κ3) is 5.70. The molecule has 3 heterocycles. The van der Waals surface area contributed by atoms with Crippen molar-refractivity contribution < 1.29 is 9.59 Å². The summed E-state index contributed by atoms with van der Waals surface area (Å²) in [5.74, 6) is 0.378. The molecule has 0 bridgehead atoms. The molecule has 8 heteroatoms. The van der Waals surface area contributed by atoms with Crippen LogP contribution in [0.25, 0.3) is 0 Å². The van der Waals surface area contributed by atoms with Crippen LogP contribution in [0.2, 0.25) is 0 Å². The number of likely N-dealkylation sites (N-methyl/N-ethyl adjacent to an activating group) is 1. The molecule has 0 aromatic carbocycles. The largest absolute Gasteiger partial charge is 0.346 e. The monoisotopic (exact) mass is 426 g/mol. The summed E-state index contributed by atoms with van der Waals surface area (Å²) in [5, 5.41) is 7.67. The van der Waals surface area contributed by atoms with Gasteiger partial charge in [0.2, 0.25) is 5.91 Å². The van der Waals surface area contributed by atoms with Crippen LogP contribution in [0, 0.1) is 5.92 Å². The Hall–Kier alpha value is -2.74. The molecule has 0 aliphatic carbocycles. The van der Waals surface area contributed by atoms with E-state index in [9.17, 15) is 9.59 Å². The van der Waals surface area contributed by atoms with Gasteiger partial charge in [0.25, 0.3) is 5.91 Å². The lowest BCUT2D eigenvalue weighted by Crippen LogP contribution is -2.42. The zero-order chi connectivity index (χ0) is 22.4. The Morgan fingerprint density at radius 1 is 1.26 bits per heavy atom. The fraction of sp³-hybridized carbons (Fsp3) is 0.565. The third-order valence-corrected chi connectivity index (χ3v) is 5.62. The maximum Gasteiger partial charge on any atom is 0.272 e. The molecule has 1 N–H and O–H groups in total. The zero-order valence-electron chi connectivity index (χ0n) is 19.1. The Balaban J connectivity index is 1.78. The van der Waals surface area contributed by atoms with Crippen molar-refractivity contribution in [3.8, 4) is 0 Å². The minimum Gasteiger partial charge on any atom is -0.346 e. The van der Waals surface area contributed by atoms with Gasteiger partial charge in [-0.15, -0.1) is 0 Å². The predicted molar refractivity (Wildman–Crippen MR) is 119 cm³/mol. The van der Waals surface area contributed by atoms with Gasteiger partial charge in [-0.05, 0) is 31.4 Å². The molecule has 1 aliphatic rings. The van der Waals surface area contributed by atoms with E-state index >= 15 is 0 Å². The standard InChI is InChI=1S/C23H34N6O2/c1-5-28(6-2)21(30)16-27-11-9-20-19(15-27)22(26-29(20)14-17(3)4)23(31)25-13-18-8-7-10-24-12-18/h7-8,10,12,17H,5-6,9,11,13-16H2,1-4H3,(H,25,31). The third-order valence-electron chi connectivity index (χ3n) is 5.62. The van der Waals surface area contributed by atoms with Crippen molar-refractivity contribution in [1.82, 2.24) is 29.9 Å². The minimum absolute atomic E-state index is 0.130. The molecule has 0 radical (unpaired) electrons. The number of carbonyl (C=O) groups excluding carboxylic acids is 2. The summed E-state index contributed by atoms with van der Waals surface area (Å²) in [6, 6.07) is 3.78. The first-order valence-electron chi connectivity index (χ1n) is 11.2. The molecular formula is C23H34N6O2. The average Bonchev–Trinajstić information content (AvgIpc) is 3.10. The maximum atomic E-state index is 13.0. The second-order valence-electron chi connectivity index (χ2n) is 8.42. The van der Waals surface area contributed by atoms with Crippen molar-refractivity contribution in [3.05, 3.63) is 47.0 Å². The van der Waals surface area contributed by atoms with Crippen molar-refractivity contribution in [2.24, 2.45) is 5.92 Å². The summed E-state index contributed by atoms with van der Waals surface area (Å²) in [6.07, 6.45) is 4.24. The Labute approximate surface area is 184 Å². The van der Waals surface area contributed by atoms with Crippen molar-refractivity contribution in [1.29, 1.82) is 0 Å². The summed E-state index contributed by atoms with van der Waals surface area (Å²) < 4.78 is 1.99. The molecule has 168 valence electrons. The molecule has 3 rings (SSSR count). The van der Waals surface area contributed by atoms with Crippen LogP contribution in [-0.4, -0.2) is 62.6 Å². The normalized spacial score (nSPS) is 13.8. The number of aromatic nitrogens is 3. The highest BCUT2D eigenvalue weighted by Gasteiger charge is 2.29. The van der Waals surface area contributed by atoms with Gasteiger partial charge in [0.05, 0.1) is 6.54 Å². The lowest BCUT2D eigenvalue weighted by molar-refractivity contribution is -0.132. The number of hydrogen-bond acceptors (Lipinski definition) is 5. The van der Waals surface area contributed by atoms with Gasteiger partial charge in [-0.1, -0.05) is 19.9 Å². The Kier molecular flexibility index (Phi) is 7.79. The number of nitrogens with zero attached hydrogens (tertiary/aromatic N) is 5. The quantitative estimate of drug-likeness (QED) is 0.664. The number of nitrogens with one attached hydrogen (secondary N) is 1. The molecule has 0 unspecified atom stereocenters. The highest BCUT2D eigenvalue weighted by Crippen LogP contribution is 2.24. The SMILES string of the molecule is CCN(CC)C(=O)CN1CCc2c(c(C(=O)NCc3cccnc3)nn2CC(C)C)C1. The van der Waals surface area contributed by atoms with E-state index in [1.54, 1.807) is 12.4 Å². The number of hydrogen-bond donors (Lipinski definition) is 1. The molecule has 8 nitrogen and oxygen atoms in total. The molecule has 2 aromatic rings. The Bertz CT molecular complexity index is 889. The number of amides is 2. The summed E-state index contributed by atoms with van der Waals surface area (Å²) >= 11 is 0. The van der Waals surface area contributed by atoms with Gasteiger partial charge >= 0.3 is 0 Å². The van der Waals surface area contributed by atoms with E-state index in [0.717, 1.165) is 36.3 Å². The maximum absolute atomic E-state index is 13.0. The van der Waals surface area contributed by atoms with E-state index in [4.69, 9.17) is 5.10 Å². The van der Waals surface area contributed by atoms with E-state index in [-0.39, 0.29) is 11.8 Å². The second-order valence-corrected chi connectivity index (χ2v) is 8.42. The molecule has 0 atom stereocenters. The van der Waals surface area contributed by atoms with Crippen molar-refractivity contribution in [2.75, 3.05) is 26.2 Å². The fourth-order valence-electron chi connectivity index (χ4n) is 4.00. The topological polar surface area (TPSA) is 83.4 Å². The van der Waals surface area contributed by atoms with Crippen LogP contribution in [0.1, 0.15) is 55.0 Å². The molecule has 31 heavy (non-hydrogen) atoms.